The number of carbonyl (C=O) groups excluding carboxylic acids is 3. The fourth-order valence-electron chi connectivity index (χ4n) is 4.19. The Hall–Kier alpha value is -1.59. The molecule has 0 rings (SSSR count). The molecule has 0 aromatic rings. The van der Waals surface area contributed by atoms with E-state index in [0.29, 0.717) is 12.8 Å². The van der Waals surface area contributed by atoms with Gasteiger partial charge in [0.15, 0.2) is 0 Å². The Balaban J connectivity index is 4.33. The number of esters is 1. The predicted molar refractivity (Wildman–Crippen MR) is 145 cm³/mol. The predicted octanol–water partition coefficient (Wildman–Crippen LogP) is 8.93. The second kappa shape index (κ2) is 26.5. The summed E-state index contributed by atoms with van der Waals surface area (Å²) < 4.78 is 5.46. The van der Waals surface area contributed by atoms with E-state index in [1.807, 2.05) is 0 Å². The number of carbonyl (C=O) groups is 3. The summed E-state index contributed by atoms with van der Waals surface area (Å²) in [6.45, 7) is 6.55. The van der Waals surface area contributed by atoms with Gasteiger partial charge in [-0.25, -0.2) is 19.4 Å². The van der Waals surface area contributed by atoms with Crippen LogP contribution in [0.4, 0.5) is 0 Å². The molecular formula is C30H56O6. The molecule has 1 unspecified atom stereocenters. The molecule has 0 aromatic carbocycles. The summed E-state index contributed by atoms with van der Waals surface area (Å²) in [6, 6.07) is 0. The Kier molecular flexibility index (Phi) is 25.3. The average Bonchev–Trinajstić information content (AvgIpc) is 2.87. The third-order valence-electron chi connectivity index (χ3n) is 6.54. The lowest BCUT2D eigenvalue weighted by Gasteiger charge is -2.16. The lowest BCUT2D eigenvalue weighted by atomic mass is 10.1. The molecule has 36 heavy (non-hydrogen) atoms. The van der Waals surface area contributed by atoms with Crippen molar-refractivity contribution in [2.75, 3.05) is 0 Å². The molecule has 6 nitrogen and oxygen atoms in total. The maximum Gasteiger partial charge on any atom is 0.395 e. The van der Waals surface area contributed by atoms with Gasteiger partial charge in [-0.05, 0) is 25.7 Å². The molecule has 0 bridgehead atoms. The Morgan fingerprint density at radius 2 is 0.861 bits per heavy atom. The van der Waals surface area contributed by atoms with Crippen LogP contribution in [0.3, 0.4) is 0 Å². The van der Waals surface area contributed by atoms with E-state index >= 15 is 0 Å². The lowest BCUT2D eigenvalue weighted by molar-refractivity contribution is -0.265. The van der Waals surface area contributed by atoms with Gasteiger partial charge >= 0.3 is 17.9 Å². The van der Waals surface area contributed by atoms with Crippen LogP contribution < -0.4 is 0 Å². The topological polar surface area (TPSA) is 78.9 Å². The van der Waals surface area contributed by atoms with Gasteiger partial charge in [0.2, 0.25) is 6.10 Å². The first-order valence-electron chi connectivity index (χ1n) is 15.2. The molecule has 0 fully saturated rings. The minimum absolute atomic E-state index is 0.223. The van der Waals surface area contributed by atoms with Gasteiger partial charge in [-0.15, -0.1) is 0 Å². The van der Waals surface area contributed by atoms with E-state index in [0.717, 1.165) is 57.8 Å². The molecule has 0 spiro atoms. The summed E-state index contributed by atoms with van der Waals surface area (Å²) in [5.41, 5.74) is 0. The largest absolute Gasteiger partial charge is 0.450 e. The number of unbranched alkanes of at least 4 members (excludes halogenated alkanes) is 17. The highest BCUT2D eigenvalue weighted by atomic mass is 17.2. The molecule has 0 aromatic heterocycles. The SMILES string of the molecule is CCCCCCCCCC(=O)OOC(=O)C(CCCCCCCC)OC(=O)CCCCCCCCC. The molecule has 1 atom stereocenters. The van der Waals surface area contributed by atoms with Crippen molar-refractivity contribution >= 4 is 17.9 Å². The second-order valence-corrected chi connectivity index (χ2v) is 10.1. The normalized spacial score (nSPS) is 11.8. The summed E-state index contributed by atoms with van der Waals surface area (Å²) in [4.78, 5) is 46.3. The van der Waals surface area contributed by atoms with E-state index in [1.54, 1.807) is 0 Å². The van der Waals surface area contributed by atoms with Crippen molar-refractivity contribution in [3.05, 3.63) is 0 Å². The standard InChI is InChI=1S/C30H56O6/c1-4-7-10-13-16-19-22-25-28(31)34-27(24-21-18-15-12-9-6-3)30(33)36-35-29(32)26-23-20-17-14-11-8-5-2/h27H,4-26H2,1-3H3. The van der Waals surface area contributed by atoms with Gasteiger partial charge in [-0.2, -0.15) is 0 Å². The van der Waals surface area contributed by atoms with Crippen molar-refractivity contribution in [1.29, 1.82) is 0 Å². The van der Waals surface area contributed by atoms with E-state index in [2.05, 4.69) is 20.8 Å². The first-order chi connectivity index (χ1) is 17.5. The minimum atomic E-state index is -1.01. The Morgan fingerprint density at radius 1 is 0.472 bits per heavy atom. The zero-order chi connectivity index (χ0) is 26.7. The van der Waals surface area contributed by atoms with Crippen molar-refractivity contribution in [1.82, 2.24) is 0 Å². The average molecular weight is 513 g/mol. The molecule has 0 N–H and O–H groups in total. The van der Waals surface area contributed by atoms with Crippen LogP contribution in [0.5, 0.6) is 0 Å². The Labute approximate surface area is 221 Å². The van der Waals surface area contributed by atoms with Gasteiger partial charge in [0.25, 0.3) is 0 Å². The molecule has 0 heterocycles. The van der Waals surface area contributed by atoms with E-state index in [9.17, 15) is 14.4 Å². The van der Waals surface area contributed by atoms with E-state index in [-0.39, 0.29) is 12.4 Å². The Morgan fingerprint density at radius 3 is 1.33 bits per heavy atom. The highest BCUT2D eigenvalue weighted by Crippen LogP contribution is 2.15. The number of hydrogen-bond acceptors (Lipinski definition) is 6. The molecule has 0 aliphatic heterocycles. The Bertz CT molecular complexity index is 534. The zero-order valence-corrected chi connectivity index (χ0v) is 23.8. The van der Waals surface area contributed by atoms with Crippen molar-refractivity contribution in [2.24, 2.45) is 0 Å². The van der Waals surface area contributed by atoms with Gasteiger partial charge in [-0.3, -0.25) is 4.79 Å². The number of hydrogen-bond donors (Lipinski definition) is 0. The zero-order valence-electron chi connectivity index (χ0n) is 23.8. The highest BCUT2D eigenvalue weighted by molar-refractivity contribution is 5.79. The van der Waals surface area contributed by atoms with Crippen LogP contribution in [-0.4, -0.2) is 24.0 Å². The molecule has 0 aliphatic carbocycles. The fraction of sp³-hybridized carbons (Fsp3) is 0.900. The molecule has 212 valence electrons. The third kappa shape index (κ3) is 22.8. The van der Waals surface area contributed by atoms with Crippen LogP contribution in [0, 0.1) is 0 Å². The summed E-state index contributed by atoms with van der Waals surface area (Å²) in [5.74, 6) is -1.72. The van der Waals surface area contributed by atoms with Gasteiger partial charge < -0.3 is 4.74 Å². The first-order valence-corrected chi connectivity index (χ1v) is 15.2. The van der Waals surface area contributed by atoms with Crippen molar-refractivity contribution < 1.29 is 28.9 Å². The van der Waals surface area contributed by atoms with Crippen molar-refractivity contribution in [3.63, 3.8) is 0 Å². The molecule has 0 saturated carbocycles. The van der Waals surface area contributed by atoms with E-state index in [4.69, 9.17) is 14.5 Å². The van der Waals surface area contributed by atoms with Crippen molar-refractivity contribution in [2.45, 2.75) is 175 Å². The van der Waals surface area contributed by atoms with E-state index < -0.39 is 18.0 Å². The number of rotatable bonds is 25. The van der Waals surface area contributed by atoms with Gasteiger partial charge in [0.1, 0.15) is 0 Å². The van der Waals surface area contributed by atoms with Gasteiger partial charge in [0.05, 0.1) is 6.42 Å². The van der Waals surface area contributed by atoms with Crippen LogP contribution in [0.25, 0.3) is 0 Å². The van der Waals surface area contributed by atoms with Crippen LogP contribution >= 0.6 is 0 Å². The minimum Gasteiger partial charge on any atom is -0.450 e. The van der Waals surface area contributed by atoms with Crippen LogP contribution in [0.1, 0.15) is 168 Å². The van der Waals surface area contributed by atoms with Gasteiger partial charge in [-0.1, -0.05) is 130 Å². The quantitative estimate of drug-likeness (QED) is 0.0526. The van der Waals surface area contributed by atoms with Crippen LogP contribution in [-0.2, 0) is 28.9 Å². The molecule has 6 heteroatoms. The molecule has 0 radical (unpaired) electrons. The second-order valence-electron chi connectivity index (χ2n) is 10.1. The maximum atomic E-state index is 12.5. The van der Waals surface area contributed by atoms with Crippen LogP contribution in [0.2, 0.25) is 0 Å². The smallest absolute Gasteiger partial charge is 0.395 e. The summed E-state index contributed by atoms with van der Waals surface area (Å²) in [7, 11) is 0. The highest BCUT2D eigenvalue weighted by Gasteiger charge is 2.26. The van der Waals surface area contributed by atoms with Crippen LogP contribution in [0.15, 0.2) is 0 Å². The van der Waals surface area contributed by atoms with Crippen molar-refractivity contribution in [3.8, 4) is 0 Å². The lowest BCUT2D eigenvalue weighted by Crippen LogP contribution is -2.30. The van der Waals surface area contributed by atoms with Gasteiger partial charge in [0, 0.05) is 6.42 Å². The monoisotopic (exact) mass is 512 g/mol. The summed E-state index contributed by atoms with van der Waals surface area (Å²) in [6.07, 6.45) is 21.7. The third-order valence-corrected chi connectivity index (χ3v) is 6.54. The molecule has 0 saturated heterocycles. The van der Waals surface area contributed by atoms with E-state index in [1.165, 1.54) is 70.6 Å². The molecular weight excluding hydrogens is 456 g/mol. The molecule has 0 amide bonds. The molecule has 0 aliphatic rings. The summed E-state index contributed by atoms with van der Waals surface area (Å²) in [5, 5.41) is 0. The number of ether oxygens (including phenoxy) is 1. The maximum absolute atomic E-state index is 12.5. The fourth-order valence-corrected chi connectivity index (χ4v) is 4.19. The first kappa shape index (κ1) is 34.4. The summed E-state index contributed by atoms with van der Waals surface area (Å²) >= 11 is 0.